The molecule has 8 rings (SSSR count). The number of aromatic nitrogens is 2. The Morgan fingerprint density at radius 3 is 1.67 bits per heavy atom. The van der Waals surface area contributed by atoms with E-state index in [1.165, 1.54) is 28.2 Å². The van der Waals surface area contributed by atoms with Crippen LogP contribution < -0.4 is 20.4 Å². The summed E-state index contributed by atoms with van der Waals surface area (Å²) in [4.78, 5) is 43.1. The minimum Gasteiger partial charge on any atom is -0.369 e. The lowest BCUT2D eigenvalue weighted by Crippen LogP contribution is -2.47. The molecule has 0 spiro atoms. The van der Waals surface area contributed by atoms with Gasteiger partial charge in [0, 0.05) is 93.3 Å². The normalized spacial score (nSPS) is 17.8. The fraction of sp³-hybridized carbons (Fsp3) is 0.385. The summed E-state index contributed by atoms with van der Waals surface area (Å²) in [7, 11) is 0. The van der Waals surface area contributed by atoms with Crippen molar-refractivity contribution in [3.63, 3.8) is 0 Å². The van der Waals surface area contributed by atoms with Gasteiger partial charge in [-0.25, -0.2) is 9.97 Å². The van der Waals surface area contributed by atoms with Gasteiger partial charge < -0.3 is 20.4 Å². The average molecular weight is 777 g/mol. The van der Waals surface area contributed by atoms with Crippen LogP contribution in [0.25, 0.3) is 0 Å². The van der Waals surface area contributed by atoms with Gasteiger partial charge in [-0.3, -0.25) is 19.4 Å². The SMILES string of the molecule is O=C1CSc2ccc(CCN3CCN(c4cccc(C(F)(F)F)c4)CC3)cc2N1.O=C1CSc2ccc(CCN3CCN(c4ncccn4)CC3)cc2N1. The van der Waals surface area contributed by atoms with Crippen LogP contribution in [0.5, 0.6) is 0 Å². The van der Waals surface area contributed by atoms with Gasteiger partial charge in [-0.05, 0) is 72.5 Å². The highest BCUT2D eigenvalue weighted by molar-refractivity contribution is 8.00. The van der Waals surface area contributed by atoms with E-state index in [2.05, 4.69) is 65.6 Å². The molecule has 10 nitrogen and oxygen atoms in total. The van der Waals surface area contributed by atoms with Crippen molar-refractivity contribution in [2.24, 2.45) is 0 Å². The predicted molar refractivity (Wildman–Crippen MR) is 210 cm³/mol. The second-order valence-electron chi connectivity index (χ2n) is 13.6. The number of hydrogen-bond acceptors (Lipinski definition) is 10. The standard InChI is InChI=1S/C21H22F3N3OS.C18H21N5OS/c22-21(23,24)16-2-1-3-17(13-16)27-10-8-26(9-11-27)7-6-15-4-5-19-18(12-15)25-20(28)14-29-19;24-17-13-25-16-3-2-14(12-15(16)21-17)4-7-22-8-10-23(11-9-22)18-19-5-1-6-20-18/h1-5,12-13H,6-11,14H2,(H,25,28);1-3,5-6,12H,4,7-11,13H2,(H,21,24). The Bertz CT molecular complexity index is 1920. The van der Waals surface area contributed by atoms with Crippen molar-refractivity contribution in [2.75, 3.05) is 97.4 Å². The molecule has 4 aliphatic rings. The number of fused-ring (bicyclic) bond motifs is 2. The van der Waals surface area contributed by atoms with Gasteiger partial charge in [0.2, 0.25) is 17.8 Å². The highest BCUT2D eigenvalue weighted by Crippen LogP contribution is 2.34. The number of nitrogens with one attached hydrogen (secondary N) is 2. The van der Waals surface area contributed by atoms with Crippen LogP contribution in [-0.4, -0.2) is 109 Å². The van der Waals surface area contributed by atoms with Crippen LogP contribution in [0.15, 0.2) is 88.9 Å². The number of carbonyl (C=O) groups excluding carboxylic acids is 2. The summed E-state index contributed by atoms with van der Waals surface area (Å²) < 4.78 is 38.8. The summed E-state index contributed by atoms with van der Waals surface area (Å²) in [6.45, 7) is 8.92. The maximum Gasteiger partial charge on any atom is 0.416 e. The van der Waals surface area contributed by atoms with Crippen LogP contribution >= 0.6 is 23.5 Å². The van der Waals surface area contributed by atoms with Gasteiger partial charge >= 0.3 is 6.18 Å². The lowest BCUT2D eigenvalue weighted by Gasteiger charge is -2.36. The molecule has 0 saturated carbocycles. The summed E-state index contributed by atoms with van der Waals surface area (Å²) in [5.41, 5.74) is 4.32. The van der Waals surface area contributed by atoms with Crippen molar-refractivity contribution in [1.29, 1.82) is 0 Å². The maximum absolute atomic E-state index is 12.9. The molecule has 1 aromatic heterocycles. The molecule has 0 unspecified atom stereocenters. The zero-order chi connectivity index (χ0) is 37.5. The molecule has 2 saturated heterocycles. The maximum atomic E-state index is 12.9. The molecular weight excluding hydrogens is 734 g/mol. The summed E-state index contributed by atoms with van der Waals surface area (Å²) in [5.74, 6) is 1.92. The van der Waals surface area contributed by atoms with Gasteiger partial charge in [0.1, 0.15) is 0 Å². The molecule has 284 valence electrons. The van der Waals surface area contributed by atoms with E-state index in [4.69, 9.17) is 0 Å². The smallest absolute Gasteiger partial charge is 0.369 e. The molecule has 54 heavy (non-hydrogen) atoms. The van der Waals surface area contributed by atoms with Crippen LogP contribution in [-0.2, 0) is 28.6 Å². The second-order valence-corrected chi connectivity index (χ2v) is 15.6. The van der Waals surface area contributed by atoms with Gasteiger partial charge in [-0.2, -0.15) is 13.2 Å². The first-order valence-corrected chi connectivity index (χ1v) is 20.1. The van der Waals surface area contributed by atoms with Crippen LogP contribution in [0.4, 0.5) is 36.2 Å². The van der Waals surface area contributed by atoms with E-state index in [1.807, 2.05) is 17.0 Å². The van der Waals surface area contributed by atoms with Crippen molar-refractivity contribution in [1.82, 2.24) is 19.8 Å². The molecule has 0 bridgehead atoms. The average Bonchev–Trinajstić information content (AvgIpc) is 3.19. The molecule has 4 aromatic rings. The number of halogens is 3. The lowest BCUT2D eigenvalue weighted by atomic mass is 10.1. The second kappa shape index (κ2) is 17.4. The molecule has 0 aliphatic carbocycles. The van der Waals surface area contributed by atoms with Gasteiger partial charge in [-0.15, -0.1) is 23.5 Å². The fourth-order valence-corrected chi connectivity index (χ4v) is 8.46. The number of hydrogen-bond donors (Lipinski definition) is 2. The highest BCUT2D eigenvalue weighted by atomic mass is 32.2. The number of carbonyl (C=O) groups is 2. The van der Waals surface area contributed by atoms with Crippen LogP contribution in [0.1, 0.15) is 16.7 Å². The molecular formula is C39H43F3N8O2S2. The van der Waals surface area contributed by atoms with Crippen molar-refractivity contribution >= 4 is 58.3 Å². The number of benzene rings is 3. The third kappa shape index (κ3) is 10.1. The molecule has 2 N–H and O–H groups in total. The molecule has 0 radical (unpaired) electrons. The highest BCUT2D eigenvalue weighted by Gasteiger charge is 2.31. The summed E-state index contributed by atoms with van der Waals surface area (Å²) >= 11 is 3.16. The first-order valence-electron chi connectivity index (χ1n) is 18.2. The molecule has 2 fully saturated rings. The summed E-state index contributed by atoms with van der Waals surface area (Å²) in [5, 5.41) is 5.89. The Kier molecular flexibility index (Phi) is 12.3. The molecule has 2 amide bonds. The van der Waals surface area contributed by atoms with Crippen LogP contribution in [0, 0.1) is 0 Å². The summed E-state index contributed by atoms with van der Waals surface area (Å²) in [6.07, 6.45) is 1.14. The third-order valence-corrected chi connectivity index (χ3v) is 12.1. The number of alkyl halides is 3. The molecule has 4 aliphatic heterocycles. The van der Waals surface area contributed by atoms with Crippen molar-refractivity contribution in [2.45, 2.75) is 28.8 Å². The van der Waals surface area contributed by atoms with Gasteiger partial charge in [0.15, 0.2) is 0 Å². The first kappa shape index (κ1) is 38.0. The Morgan fingerprint density at radius 2 is 1.15 bits per heavy atom. The van der Waals surface area contributed by atoms with Gasteiger partial charge in [-0.1, -0.05) is 18.2 Å². The van der Waals surface area contributed by atoms with E-state index >= 15 is 0 Å². The number of piperazine rings is 2. The van der Waals surface area contributed by atoms with Crippen LogP contribution in [0.2, 0.25) is 0 Å². The molecule has 0 atom stereocenters. The number of rotatable bonds is 8. The van der Waals surface area contributed by atoms with Gasteiger partial charge in [0.05, 0.1) is 28.4 Å². The minimum absolute atomic E-state index is 0.0327. The minimum atomic E-state index is -4.31. The largest absolute Gasteiger partial charge is 0.416 e. The first-order chi connectivity index (χ1) is 26.2. The van der Waals surface area contributed by atoms with Crippen LogP contribution in [0.3, 0.4) is 0 Å². The number of amides is 2. The van der Waals surface area contributed by atoms with E-state index in [1.54, 1.807) is 42.0 Å². The quantitative estimate of drug-likeness (QED) is 0.222. The molecule has 15 heteroatoms. The van der Waals surface area contributed by atoms with E-state index in [0.29, 0.717) is 30.3 Å². The number of nitrogens with zero attached hydrogens (tertiary/aromatic N) is 6. The zero-order valence-corrected chi connectivity index (χ0v) is 31.5. The van der Waals surface area contributed by atoms with Crippen molar-refractivity contribution in [3.8, 4) is 0 Å². The van der Waals surface area contributed by atoms with E-state index in [-0.39, 0.29) is 11.8 Å². The zero-order valence-electron chi connectivity index (χ0n) is 29.9. The Morgan fingerprint density at radius 1 is 0.630 bits per heavy atom. The van der Waals surface area contributed by atoms with E-state index in [0.717, 1.165) is 93.5 Å². The topological polar surface area (TPSA) is 96.9 Å². The summed E-state index contributed by atoms with van der Waals surface area (Å²) in [6, 6.07) is 20.0. The van der Waals surface area contributed by atoms with Crippen molar-refractivity contribution in [3.05, 3.63) is 95.8 Å². The Labute approximate surface area is 321 Å². The number of thioether (sulfide) groups is 2. The Hall–Kier alpha value is -4.31. The van der Waals surface area contributed by atoms with E-state index < -0.39 is 11.7 Å². The third-order valence-electron chi connectivity index (χ3n) is 9.91. The lowest BCUT2D eigenvalue weighted by molar-refractivity contribution is -0.137. The van der Waals surface area contributed by atoms with Gasteiger partial charge in [0.25, 0.3) is 0 Å². The Balaban J connectivity index is 0.000000168. The van der Waals surface area contributed by atoms with E-state index in [9.17, 15) is 22.8 Å². The predicted octanol–water partition coefficient (Wildman–Crippen LogP) is 6.00. The monoisotopic (exact) mass is 776 g/mol. The number of anilines is 4. The van der Waals surface area contributed by atoms with Crippen molar-refractivity contribution < 1.29 is 22.8 Å². The molecule has 5 heterocycles. The fourth-order valence-electron chi connectivity index (χ4n) is 6.88. The molecule has 3 aromatic carbocycles.